The van der Waals surface area contributed by atoms with Crippen LogP contribution in [0.15, 0.2) is 119 Å². The first kappa shape index (κ1) is 31.8. The summed E-state index contributed by atoms with van der Waals surface area (Å²) in [5.74, 6) is -0.300. The number of nitrogens with one attached hydrogen (secondary N) is 1. The minimum Gasteiger partial charge on any atom is -0.494 e. The summed E-state index contributed by atoms with van der Waals surface area (Å²) in [6, 6.07) is 30.6. The number of carbonyl (C=O) groups is 2. The van der Waals surface area contributed by atoms with Crippen molar-refractivity contribution in [3.8, 4) is 5.75 Å². The highest BCUT2D eigenvalue weighted by Crippen LogP contribution is 2.28. The van der Waals surface area contributed by atoms with Crippen molar-refractivity contribution in [3.63, 3.8) is 0 Å². The fourth-order valence-electron chi connectivity index (χ4n) is 4.64. The maximum atomic E-state index is 14.3. The third-order valence-electron chi connectivity index (χ3n) is 6.83. The van der Waals surface area contributed by atoms with Crippen LogP contribution >= 0.6 is 15.9 Å². The Morgan fingerprint density at radius 1 is 0.837 bits per heavy atom. The van der Waals surface area contributed by atoms with Crippen LogP contribution in [-0.4, -0.2) is 51.4 Å². The second kappa shape index (κ2) is 14.8. The number of anilines is 1. The van der Waals surface area contributed by atoms with E-state index in [-0.39, 0.29) is 23.8 Å². The Hall–Kier alpha value is -4.15. The largest absolute Gasteiger partial charge is 0.494 e. The van der Waals surface area contributed by atoms with Gasteiger partial charge in [0.2, 0.25) is 11.8 Å². The topological polar surface area (TPSA) is 96.0 Å². The molecule has 0 aromatic heterocycles. The highest BCUT2D eigenvalue weighted by molar-refractivity contribution is 9.10. The molecule has 2 amide bonds. The minimum atomic E-state index is -4.18. The summed E-state index contributed by atoms with van der Waals surface area (Å²) in [4.78, 5) is 29.1. The van der Waals surface area contributed by atoms with Crippen molar-refractivity contribution in [2.75, 3.05) is 24.5 Å². The Bertz CT molecular complexity index is 1600. The van der Waals surface area contributed by atoms with Crippen molar-refractivity contribution in [1.29, 1.82) is 0 Å². The van der Waals surface area contributed by atoms with Gasteiger partial charge in [0.15, 0.2) is 0 Å². The first-order chi connectivity index (χ1) is 20.7. The molecule has 0 saturated carbocycles. The third-order valence-corrected chi connectivity index (χ3v) is 9.15. The Morgan fingerprint density at radius 2 is 1.42 bits per heavy atom. The van der Waals surface area contributed by atoms with Gasteiger partial charge in [-0.25, -0.2) is 8.42 Å². The molecule has 43 heavy (non-hydrogen) atoms. The van der Waals surface area contributed by atoms with Gasteiger partial charge in [0.1, 0.15) is 18.3 Å². The average molecular weight is 665 g/mol. The molecule has 0 aliphatic rings. The van der Waals surface area contributed by atoms with E-state index in [4.69, 9.17) is 4.74 Å². The highest BCUT2D eigenvalue weighted by atomic mass is 79.9. The summed E-state index contributed by atoms with van der Waals surface area (Å²) < 4.78 is 35.4. The van der Waals surface area contributed by atoms with Crippen LogP contribution in [0.1, 0.15) is 18.1 Å². The van der Waals surface area contributed by atoms with Crippen LogP contribution in [0.3, 0.4) is 0 Å². The summed E-state index contributed by atoms with van der Waals surface area (Å²) >= 11 is 3.35. The van der Waals surface area contributed by atoms with Gasteiger partial charge in [0.05, 0.1) is 17.2 Å². The lowest BCUT2D eigenvalue weighted by molar-refractivity contribution is -0.139. The number of nitrogens with zero attached hydrogens (tertiary/aromatic N) is 2. The van der Waals surface area contributed by atoms with Crippen LogP contribution in [-0.2, 0) is 32.6 Å². The average Bonchev–Trinajstić information content (AvgIpc) is 3.03. The van der Waals surface area contributed by atoms with E-state index >= 15 is 0 Å². The van der Waals surface area contributed by atoms with E-state index in [1.54, 1.807) is 36.4 Å². The maximum absolute atomic E-state index is 14.3. The maximum Gasteiger partial charge on any atom is 0.264 e. The number of halogens is 1. The minimum absolute atomic E-state index is 0.0270. The third kappa shape index (κ3) is 8.24. The van der Waals surface area contributed by atoms with Crippen LogP contribution in [0, 0.1) is 0 Å². The first-order valence-electron chi connectivity index (χ1n) is 13.8. The van der Waals surface area contributed by atoms with Gasteiger partial charge in [-0.2, -0.15) is 0 Å². The van der Waals surface area contributed by atoms with Crippen LogP contribution < -0.4 is 14.4 Å². The van der Waals surface area contributed by atoms with E-state index in [0.29, 0.717) is 18.0 Å². The first-order valence-corrected chi connectivity index (χ1v) is 16.1. The van der Waals surface area contributed by atoms with E-state index in [1.165, 1.54) is 24.1 Å². The van der Waals surface area contributed by atoms with E-state index < -0.39 is 28.5 Å². The molecule has 0 radical (unpaired) electrons. The molecule has 10 heteroatoms. The SMILES string of the molecule is CCOc1ccc(N(CC(=O)N(Cc2ccccc2)C(Cc2ccccc2)C(=O)NC)S(=O)(=O)c2ccc(Br)cc2)cc1. The number of benzene rings is 4. The van der Waals surface area contributed by atoms with Gasteiger partial charge in [-0.1, -0.05) is 76.6 Å². The molecule has 0 heterocycles. The Morgan fingerprint density at radius 3 is 1.98 bits per heavy atom. The van der Waals surface area contributed by atoms with Crippen molar-refractivity contribution in [1.82, 2.24) is 10.2 Å². The Balaban J connectivity index is 1.77. The van der Waals surface area contributed by atoms with Crippen LogP contribution in [0.4, 0.5) is 5.69 Å². The quantitative estimate of drug-likeness (QED) is 0.206. The zero-order valence-electron chi connectivity index (χ0n) is 24.0. The van der Waals surface area contributed by atoms with E-state index in [1.807, 2.05) is 67.6 Å². The number of likely N-dealkylation sites (N-methyl/N-ethyl adjacent to an activating group) is 1. The van der Waals surface area contributed by atoms with Crippen molar-refractivity contribution in [2.24, 2.45) is 0 Å². The van der Waals surface area contributed by atoms with Crippen molar-refractivity contribution in [3.05, 3.63) is 125 Å². The van der Waals surface area contributed by atoms with Gasteiger partial charge in [-0.05, 0) is 66.6 Å². The lowest BCUT2D eigenvalue weighted by Gasteiger charge is -2.33. The standard InChI is InChI=1S/C33H34BrN3O5S/c1-3-42-29-18-16-28(17-19-29)37(43(40,41)30-20-14-27(34)15-21-30)24-32(38)36(23-26-12-8-5-9-13-26)31(33(39)35-2)22-25-10-6-4-7-11-25/h4-21,31H,3,22-24H2,1-2H3,(H,35,39). The van der Waals surface area contributed by atoms with Gasteiger partial charge in [-0.3, -0.25) is 13.9 Å². The molecule has 4 rings (SSSR count). The van der Waals surface area contributed by atoms with Gasteiger partial charge in [-0.15, -0.1) is 0 Å². The van der Waals surface area contributed by atoms with Gasteiger partial charge in [0.25, 0.3) is 10.0 Å². The van der Waals surface area contributed by atoms with Crippen molar-refractivity contribution < 1.29 is 22.7 Å². The van der Waals surface area contributed by atoms with E-state index in [2.05, 4.69) is 21.2 Å². The number of hydrogen-bond acceptors (Lipinski definition) is 5. The molecular formula is C33H34BrN3O5S. The fraction of sp³-hybridized carbons (Fsp3) is 0.212. The van der Waals surface area contributed by atoms with E-state index in [9.17, 15) is 18.0 Å². The monoisotopic (exact) mass is 663 g/mol. The summed E-state index contributed by atoms with van der Waals surface area (Å²) in [5.41, 5.74) is 1.97. The summed E-state index contributed by atoms with van der Waals surface area (Å²) in [6.07, 6.45) is 0.252. The molecule has 8 nitrogen and oxygen atoms in total. The summed E-state index contributed by atoms with van der Waals surface area (Å²) in [5, 5.41) is 2.69. The lowest BCUT2D eigenvalue weighted by Crippen LogP contribution is -2.53. The second-order valence-corrected chi connectivity index (χ2v) is 12.5. The molecular weight excluding hydrogens is 630 g/mol. The lowest BCUT2D eigenvalue weighted by atomic mass is 10.0. The number of hydrogen-bond donors (Lipinski definition) is 1. The predicted octanol–water partition coefficient (Wildman–Crippen LogP) is 5.43. The Labute approximate surface area is 261 Å². The number of amides is 2. The zero-order valence-corrected chi connectivity index (χ0v) is 26.4. The molecule has 0 fully saturated rings. The normalized spacial score (nSPS) is 11.8. The molecule has 0 aliphatic heterocycles. The summed E-state index contributed by atoms with van der Waals surface area (Å²) in [6.45, 7) is 1.90. The molecule has 1 unspecified atom stereocenters. The second-order valence-electron chi connectivity index (χ2n) is 9.72. The van der Waals surface area contributed by atoms with Crippen LogP contribution in [0.2, 0.25) is 0 Å². The highest BCUT2D eigenvalue weighted by Gasteiger charge is 2.34. The van der Waals surface area contributed by atoms with Gasteiger partial charge in [0, 0.05) is 24.5 Å². The molecule has 0 aliphatic carbocycles. The summed E-state index contributed by atoms with van der Waals surface area (Å²) in [7, 11) is -2.66. The molecule has 0 bridgehead atoms. The van der Waals surface area contributed by atoms with Gasteiger partial charge < -0.3 is 15.0 Å². The predicted molar refractivity (Wildman–Crippen MR) is 171 cm³/mol. The molecule has 1 atom stereocenters. The van der Waals surface area contributed by atoms with Crippen molar-refractivity contribution >= 4 is 43.5 Å². The smallest absolute Gasteiger partial charge is 0.264 e. The van der Waals surface area contributed by atoms with Crippen LogP contribution in [0.25, 0.3) is 0 Å². The van der Waals surface area contributed by atoms with E-state index in [0.717, 1.165) is 19.9 Å². The number of rotatable bonds is 13. The molecule has 0 saturated heterocycles. The fourth-order valence-corrected chi connectivity index (χ4v) is 6.32. The molecule has 4 aromatic carbocycles. The number of sulfonamides is 1. The van der Waals surface area contributed by atoms with Crippen LogP contribution in [0.5, 0.6) is 5.75 Å². The van der Waals surface area contributed by atoms with Crippen molar-refractivity contribution in [2.45, 2.75) is 30.8 Å². The Kier molecular flexibility index (Phi) is 11.0. The molecule has 4 aromatic rings. The zero-order chi connectivity index (χ0) is 30.8. The molecule has 0 spiro atoms. The van der Waals surface area contributed by atoms with Gasteiger partial charge >= 0.3 is 0 Å². The number of ether oxygens (including phenoxy) is 1. The molecule has 1 N–H and O–H groups in total. The molecule has 224 valence electrons. The number of carbonyl (C=O) groups excluding carboxylic acids is 2.